The summed E-state index contributed by atoms with van der Waals surface area (Å²) >= 11 is 0. The summed E-state index contributed by atoms with van der Waals surface area (Å²) in [4.78, 5) is 0. The van der Waals surface area contributed by atoms with E-state index in [9.17, 15) is 13.2 Å². The van der Waals surface area contributed by atoms with Crippen LogP contribution in [0.5, 0.6) is 0 Å². The molecule has 1 aliphatic rings. The first-order valence-corrected chi connectivity index (χ1v) is 12.5. The molecule has 3 heteroatoms. The molecule has 178 valence electrons. The van der Waals surface area contributed by atoms with Crippen LogP contribution in [0.25, 0.3) is 17.2 Å². The molecule has 0 saturated heterocycles. The molecule has 0 N–H and O–H groups in total. The highest BCUT2D eigenvalue weighted by molar-refractivity contribution is 5.67. The van der Waals surface area contributed by atoms with Gasteiger partial charge in [0.05, 0.1) is 0 Å². The van der Waals surface area contributed by atoms with Gasteiger partial charge in [-0.25, -0.2) is 13.2 Å². The number of rotatable bonds is 7. The van der Waals surface area contributed by atoms with Crippen molar-refractivity contribution >= 4 is 6.08 Å². The van der Waals surface area contributed by atoms with Crippen LogP contribution in [0, 0.1) is 23.4 Å². The fourth-order valence-electron chi connectivity index (χ4n) is 5.04. The summed E-state index contributed by atoms with van der Waals surface area (Å²) in [6.07, 6.45) is 10.2. The van der Waals surface area contributed by atoms with Crippen molar-refractivity contribution in [3.05, 3.63) is 100 Å². The molecular weight excluding hydrogens is 429 g/mol. The van der Waals surface area contributed by atoms with Gasteiger partial charge in [-0.3, -0.25) is 0 Å². The third-order valence-electron chi connectivity index (χ3n) is 7.15. The molecule has 34 heavy (non-hydrogen) atoms. The summed E-state index contributed by atoms with van der Waals surface area (Å²) in [6.45, 7) is 4.16. The zero-order valence-electron chi connectivity index (χ0n) is 20.1. The smallest absolute Gasteiger partial charge is 0.167 e. The van der Waals surface area contributed by atoms with E-state index in [0.29, 0.717) is 11.5 Å². The minimum Gasteiger partial charge on any atom is -0.207 e. The Morgan fingerprint density at radius 3 is 2.15 bits per heavy atom. The highest BCUT2D eigenvalue weighted by Gasteiger charge is 2.23. The topological polar surface area (TPSA) is 0 Å². The molecule has 0 spiro atoms. The van der Waals surface area contributed by atoms with Crippen molar-refractivity contribution in [3.8, 4) is 11.1 Å². The van der Waals surface area contributed by atoms with Gasteiger partial charge in [0.1, 0.15) is 5.82 Å². The van der Waals surface area contributed by atoms with E-state index >= 15 is 0 Å². The number of halogens is 3. The van der Waals surface area contributed by atoms with Crippen molar-refractivity contribution in [1.29, 1.82) is 0 Å². The van der Waals surface area contributed by atoms with Gasteiger partial charge in [-0.05, 0) is 78.7 Å². The van der Waals surface area contributed by atoms with E-state index in [2.05, 4.69) is 13.8 Å². The molecule has 0 atom stereocenters. The normalized spacial score (nSPS) is 18.5. The molecule has 0 radical (unpaired) electrons. The summed E-state index contributed by atoms with van der Waals surface area (Å²) < 4.78 is 44.2. The van der Waals surface area contributed by atoms with Crippen LogP contribution in [0.3, 0.4) is 0 Å². The fraction of sp³-hybridized carbons (Fsp3) is 0.355. The van der Waals surface area contributed by atoms with E-state index in [1.807, 2.05) is 42.5 Å². The van der Waals surface area contributed by atoms with E-state index in [-0.39, 0.29) is 22.9 Å². The molecule has 0 aliphatic heterocycles. The van der Waals surface area contributed by atoms with Gasteiger partial charge < -0.3 is 0 Å². The largest absolute Gasteiger partial charge is 0.207 e. The van der Waals surface area contributed by atoms with Crippen LogP contribution in [0.2, 0.25) is 0 Å². The quantitative estimate of drug-likeness (QED) is 0.328. The first-order chi connectivity index (χ1) is 16.5. The second-order valence-corrected chi connectivity index (χ2v) is 9.46. The summed E-state index contributed by atoms with van der Waals surface area (Å²) in [5, 5.41) is 0. The van der Waals surface area contributed by atoms with Crippen molar-refractivity contribution in [1.82, 2.24) is 0 Å². The summed E-state index contributed by atoms with van der Waals surface area (Å²) in [6, 6.07) is 16.6. The Labute approximate surface area is 201 Å². The number of hydrogen-bond donors (Lipinski definition) is 0. The predicted octanol–water partition coefficient (Wildman–Crippen LogP) is 9.27. The van der Waals surface area contributed by atoms with Crippen molar-refractivity contribution in [2.75, 3.05) is 0 Å². The second-order valence-electron chi connectivity index (χ2n) is 9.46. The van der Waals surface area contributed by atoms with Crippen LogP contribution in [0.1, 0.15) is 74.1 Å². The maximum atomic E-state index is 14.8. The van der Waals surface area contributed by atoms with Crippen LogP contribution in [0.15, 0.2) is 60.7 Å². The van der Waals surface area contributed by atoms with Gasteiger partial charge in [-0.15, -0.1) is 0 Å². The molecule has 1 fully saturated rings. The number of hydrogen-bond acceptors (Lipinski definition) is 0. The minimum atomic E-state index is -0.809. The van der Waals surface area contributed by atoms with Crippen LogP contribution in [-0.4, -0.2) is 0 Å². The maximum Gasteiger partial charge on any atom is 0.167 e. The molecule has 0 nitrogen and oxygen atoms in total. The van der Waals surface area contributed by atoms with E-state index in [4.69, 9.17) is 0 Å². The Balaban J connectivity index is 1.40. The predicted molar refractivity (Wildman–Crippen MR) is 135 cm³/mol. The zero-order chi connectivity index (χ0) is 24.1. The molecule has 3 aromatic rings. The van der Waals surface area contributed by atoms with Crippen molar-refractivity contribution in [2.24, 2.45) is 5.92 Å². The fourth-order valence-corrected chi connectivity index (χ4v) is 5.04. The first kappa shape index (κ1) is 24.3. The van der Waals surface area contributed by atoms with Crippen LogP contribution >= 0.6 is 0 Å². The number of allylic oxidation sites excluding steroid dienone is 1. The van der Waals surface area contributed by atoms with Gasteiger partial charge in [0.15, 0.2) is 11.6 Å². The third kappa shape index (κ3) is 5.46. The van der Waals surface area contributed by atoms with E-state index in [1.165, 1.54) is 0 Å². The zero-order valence-corrected chi connectivity index (χ0v) is 20.1. The Morgan fingerprint density at radius 2 is 1.50 bits per heavy atom. The van der Waals surface area contributed by atoms with Crippen LogP contribution in [0.4, 0.5) is 13.2 Å². The molecule has 0 amide bonds. The Kier molecular flexibility index (Phi) is 7.92. The first-order valence-electron chi connectivity index (χ1n) is 12.5. The Morgan fingerprint density at radius 1 is 0.794 bits per heavy atom. The van der Waals surface area contributed by atoms with Gasteiger partial charge in [0.25, 0.3) is 0 Å². The summed E-state index contributed by atoms with van der Waals surface area (Å²) in [5.41, 5.74) is 4.26. The van der Waals surface area contributed by atoms with Gasteiger partial charge >= 0.3 is 0 Å². The highest BCUT2D eigenvalue weighted by Crippen LogP contribution is 2.38. The number of aryl methyl sites for hydroxylation is 2. The molecule has 0 aromatic heterocycles. The molecular formula is C31H33F3. The lowest BCUT2D eigenvalue weighted by Crippen LogP contribution is -2.13. The molecule has 4 rings (SSSR count). The Hall–Kier alpha value is -2.81. The van der Waals surface area contributed by atoms with Crippen LogP contribution in [-0.2, 0) is 12.8 Å². The van der Waals surface area contributed by atoms with Gasteiger partial charge in [0.2, 0.25) is 0 Å². The lowest BCUT2D eigenvalue weighted by Gasteiger charge is -2.27. The van der Waals surface area contributed by atoms with Crippen LogP contribution < -0.4 is 0 Å². The molecule has 1 saturated carbocycles. The summed E-state index contributed by atoms with van der Waals surface area (Å²) in [7, 11) is 0. The van der Waals surface area contributed by atoms with E-state index in [0.717, 1.165) is 61.6 Å². The van der Waals surface area contributed by atoms with E-state index < -0.39 is 11.6 Å². The molecule has 0 heterocycles. The Bertz CT molecular complexity index is 1140. The average molecular weight is 463 g/mol. The lowest BCUT2D eigenvalue weighted by atomic mass is 9.78. The SMILES string of the molecule is CCCc1ccc(C2CCC(/C=C/c3ccc(-c4ccc(CC)cc4)c(F)c3F)CC2)c(F)c1. The van der Waals surface area contributed by atoms with Crippen molar-refractivity contribution in [3.63, 3.8) is 0 Å². The van der Waals surface area contributed by atoms with E-state index in [1.54, 1.807) is 24.3 Å². The van der Waals surface area contributed by atoms with Gasteiger partial charge in [0, 0.05) is 11.1 Å². The highest BCUT2D eigenvalue weighted by atomic mass is 19.2. The molecule has 0 unspecified atom stereocenters. The molecule has 0 bridgehead atoms. The summed E-state index contributed by atoms with van der Waals surface area (Å²) in [5.74, 6) is -1.18. The standard InChI is InChI=1S/C31H33F3/c1-3-5-23-11-18-27(29(32)20-23)24-14-8-22(9-15-24)10-16-26-17-19-28(31(34)30(26)33)25-12-6-21(4-2)7-13-25/h6-7,10-13,16-20,22,24H,3-5,8-9,14-15H2,1-2H3/b16-10+. The van der Waals surface area contributed by atoms with Crippen molar-refractivity contribution in [2.45, 2.75) is 64.7 Å². The lowest BCUT2D eigenvalue weighted by molar-refractivity contribution is 0.369. The average Bonchev–Trinajstić information content (AvgIpc) is 2.86. The number of benzene rings is 3. The monoisotopic (exact) mass is 462 g/mol. The molecule has 3 aromatic carbocycles. The maximum absolute atomic E-state index is 14.8. The van der Waals surface area contributed by atoms with Gasteiger partial charge in [-0.1, -0.05) is 81.0 Å². The third-order valence-corrected chi connectivity index (χ3v) is 7.15. The van der Waals surface area contributed by atoms with Crippen molar-refractivity contribution < 1.29 is 13.2 Å². The van der Waals surface area contributed by atoms with Gasteiger partial charge in [-0.2, -0.15) is 0 Å². The second kappa shape index (κ2) is 11.1. The molecule has 1 aliphatic carbocycles. The minimum absolute atomic E-state index is 0.0908.